The molecule has 0 heterocycles. The van der Waals surface area contributed by atoms with Crippen molar-refractivity contribution in [1.82, 2.24) is 0 Å². The van der Waals surface area contributed by atoms with Gasteiger partial charge in [0.15, 0.2) is 5.78 Å². The lowest BCUT2D eigenvalue weighted by Crippen LogP contribution is -2.41. The van der Waals surface area contributed by atoms with E-state index in [-0.39, 0.29) is 10.6 Å². The maximum atomic E-state index is 12.4. The van der Waals surface area contributed by atoms with E-state index in [0.29, 0.717) is 10.8 Å². The number of ether oxygens (including phenoxy) is 1. The van der Waals surface area contributed by atoms with Crippen molar-refractivity contribution in [2.24, 2.45) is 0 Å². The highest BCUT2D eigenvalue weighted by atomic mass is 79.9. The second kappa shape index (κ2) is 5.22. The number of carbonyl (C=O) groups excluding carboxylic acids is 1. The van der Waals surface area contributed by atoms with Crippen molar-refractivity contribution >= 4 is 33.3 Å². The third-order valence-corrected chi connectivity index (χ3v) is 4.94. The van der Waals surface area contributed by atoms with Crippen molar-refractivity contribution in [2.75, 3.05) is 7.11 Å². The van der Waals surface area contributed by atoms with Crippen molar-refractivity contribution in [3.05, 3.63) is 28.8 Å². The summed E-state index contributed by atoms with van der Waals surface area (Å²) in [5, 5.41) is 0.573. The minimum absolute atomic E-state index is 0.0436. The predicted molar refractivity (Wildman–Crippen MR) is 76.9 cm³/mol. The third-order valence-electron chi connectivity index (χ3n) is 3.75. The number of hydrogen-bond donors (Lipinski definition) is 0. The van der Waals surface area contributed by atoms with Gasteiger partial charge in [-0.2, -0.15) is 0 Å². The van der Waals surface area contributed by atoms with E-state index in [0.717, 1.165) is 24.8 Å². The Morgan fingerprint density at radius 1 is 1.50 bits per heavy atom. The first kappa shape index (κ1) is 13.9. The van der Waals surface area contributed by atoms with Crippen LogP contribution in [0.3, 0.4) is 0 Å². The van der Waals surface area contributed by atoms with E-state index in [1.54, 1.807) is 13.2 Å². The summed E-state index contributed by atoms with van der Waals surface area (Å²) in [7, 11) is 1.59. The fourth-order valence-corrected chi connectivity index (χ4v) is 3.55. The van der Waals surface area contributed by atoms with Crippen LogP contribution < -0.4 is 4.74 Å². The molecule has 1 fully saturated rings. The molecular formula is C14H16BrClO2. The van der Waals surface area contributed by atoms with Crippen LogP contribution in [0.25, 0.3) is 0 Å². The molecule has 18 heavy (non-hydrogen) atoms. The van der Waals surface area contributed by atoms with Crippen molar-refractivity contribution < 1.29 is 9.53 Å². The molecule has 0 radical (unpaired) electrons. The molecule has 1 aromatic carbocycles. The van der Waals surface area contributed by atoms with Gasteiger partial charge in [-0.25, -0.2) is 0 Å². The standard InChI is InChI=1S/C14H16BrClO2/c1-14(7-3-4-10(15)13(14)17)9-5-6-11(16)12(8-9)18-2/h5-6,8,10H,3-4,7H2,1-2H3. The lowest BCUT2D eigenvalue weighted by molar-refractivity contribution is -0.125. The molecule has 0 saturated heterocycles. The molecule has 1 aliphatic rings. The zero-order valence-electron chi connectivity index (χ0n) is 10.5. The zero-order chi connectivity index (χ0) is 13.3. The van der Waals surface area contributed by atoms with E-state index in [1.807, 2.05) is 19.1 Å². The Hall–Kier alpha value is -0.540. The van der Waals surface area contributed by atoms with Crippen LogP contribution in [-0.2, 0) is 10.2 Å². The first-order chi connectivity index (χ1) is 8.49. The molecule has 1 aliphatic carbocycles. The minimum atomic E-state index is -0.440. The van der Waals surface area contributed by atoms with E-state index in [2.05, 4.69) is 15.9 Å². The molecule has 2 rings (SSSR count). The molecular weight excluding hydrogens is 316 g/mol. The van der Waals surface area contributed by atoms with Gasteiger partial charge < -0.3 is 4.74 Å². The van der Waals surface area contributed by atoms with Gasteiger partial charge in [0.2, 0.25) is 0 Å². The number of hydrogen-bond acceptors (Lipinski definition) is 2. The van der Waals surface area contributed by atoms with Crippen LogP contribution in [0.2, 0.25) is 5.02 Å². The van der Waals surface area contributed by atoms with Crippen molar-refractivity contribution in [3.63, 3.8) is 0 Å². The first-order valence-electron chi connectivity index (χ1n) is 6.01. The Morgan fingerprint density at radius 2 is 2.22 bits per heavy atom. The molecule has 0 amide bonds. The fourth-order valence-electron chi connectivity index (χ4n) is 2.52. The molecule has 4 heteroatoms. The van der Waals surface area contributed by atoms with Crippen LogP contribution >= 0.6 is 27.5 Å². The number of ketones is 1. The average Bonchev–Trinajstić information content (AvgIpc) is 2.36. The molecule has 98 valence electrons. The van der Waals surface area contributed by atoms with E-state index in [4.69, 9.17) is 16.3 Å². The SMILES string of the molecule is COc1cc(C2(C)CCCC(Br)C2=O)ccc1Cl. The molecule has 1 aromatic rings. The second-order valence-electron chi connectivity index (χ2n) is 4.91. The molecule has 2 nitrogen and oxygen atoms in total. The van der Waals surface area contributed by atoms with Crippen molar-refractivity contribution in [1.29, 1.82) is 0 Å². The van der Waals surface area contributed by atoms with E-state index >= 15 is 0 Å². The first-order valence-corrected chi connectivity index (χ1v) is 7.31. The van der Waals surface area contributed by atoms with Gasteiger partial charge in [0.25, 0.3) is 0 Å². The van der Waals surface area contributed by atoms with Gasteiger partial charge in [-0.15, -0.1) is 0 Å². The summed E-state index contributed by atoms with van der Waals surface area (Å²) in [6.45, 7) is 2.01. The maximum Gasteiger partial charge on any atom is 0.156 e. The van der Waals surface area contributed by atoms with Crippen LogP contribution in [0.5, 0.6) is 5.75 Å². The normalized spacial score (nSPS) is 28.2. The molecule has 0 bridgehead atoms. The minimum Gasteiger partial charge on any atom is -0.495 e. The number of rotatable bonds is 2. The second-order valence-corrected chi connectivity index (χ2v) is 6.42. The van der Waals surface area contributed by atoms with E-state index < -0.39 is 5.41 Å². The number of Topliss-reactive ketones (excluding diaryl/α,β-unsaturated/α-hetero) is 1. The van der Waals surface area contributed by atoms with Gasteiger partial charge in [0.05, 0.1) is 22.4 Å². The Bertz CT molecular complexity index is 475. The number of alkyl halides is 1. The lowest BCUT2D eigenvalue weighted by Gasteiger charge is -2.35. The molecule has 2 atom stereocenters. The van der Waals surface area contributed by atoms with Gasteiger partial charge in [-0.05, 0) is 37.5 Å². The largest absolute Gasteiger partial charge is 0.495 e. The van der Waals surface area contributed by atoms with Crippen LogP contribution in [-0.4, -0.2) is 17.7 Å². The molecule has 0 aliphatic heterocycles. The Kier molecular flexibility index (Phi) is 4.02. The van der Waals surface area contributed by atoms with Gasteiger partial charge in [0.1, 0.15) is 5.75 Å². The third kappa shape index (κ3) is 2.30. The van der Waals surface area contributed by atoms with Crippen LogP contribution in [0.1, 0.15) is 31.7 Å². The smallest absolute Gasteiger partial charge is 0.156 e. The average molecular weight is 332 g/mol. The van der Waals surface area contributed by atoms with Crippen LogP contribution in [0, 0.1) is 0 Å². The number of halogens is 2. The molecule has 0 aromatic heterocycles. The summed E-state index contributed by atoms with van der Waals surface area (Å²) in [6, 6.07) is 5.60. The van der Waals surface area contributed by atoms with Gasteiger partial charge >= 0.3 is 0 Å². The predicted octanol–water partition coefficient (Wildman–Crippen LogP) is 4.12. The van der Waals surface area contributed by atoms with Gasteiger partial charge in [0, 0.05) is 0 Å². The van der Waals surface area contributed by atoms with Crippen molar-refractivity contribution in [2.45, 2.75) is 36.4 Å². The zero-order valence-corrected chi connectivity index (χ0v) is 12.8. The molecule has 2 unspecified atom stereocenters. The highest BCUT2D eigenvalue weighted by Crippen LogP contribution is 2.40. The Balaban J connectivity index is 2.43. The number of carbonyl (C=O) groups is 1. The lowest BCUT2D eigenvalue weighted by atomic mass is 9.70. The highest BCUT2D eigenvalue weighted by molar-refractivity contribution is 9.10. The maximum absolute atomic E-state index is 12.4. The molecule has 1 saturated carbocycles. The van der Waals surface area contributed by atoms with Gasteiger partial charge in [-0.1, -0.05) is 40.0 Å². The summed E-state index contributed by atoms with van der Waals surface area (Å²) < 4.78 is 5.23. The van der Waals surface area contributed by atoms with Crippen molar-refractivity contribution in [3.8, 4) is 5.75 Å². The summed E-state index contributed by atoms with van der Waals surface area (Å²) in [4.78, 5) is 12.4. The quantitative estimate of drug-likeness (QED) is 0.762. The Morgan fingerprint density at radius 3 is 2.89 bits per heavy atom. The van der Waals surface area contributed by atoms with Crippen LogP contribution in [0.4, 0.5) is 0 Å². The monoisotopic (exact) mass is 330 g/mol. The summed E-state index contributed by atoms with van der Waals surface area (Å²) >= 11 is 9.50. The molecule has 0 spiro atoms. The van der Waals surface area contributed by atoms with E-state index in [1.165, 1.54) is 0 Å². The summed E-state index contributed by atoms with van der Waals surface area (Å²) in [5.74, 6) is 0.873. The fraction of sp³-hybridized carbons (Fsp3) is 0.500. The summed E-state index contributed by atoms with van der Waals surface area (Å²) in [6.07, 6.45) is 2.83. The topological polar surface area (TPSA) is 26.3 Å². The van der Waals surface area contributed by atoms with E-state index in [9.17, 15) is 4.79 Å². The highest BCUT2D eigenvalue weighted by Gasteiger charge is 2.41. The van der Waals surface area contributed by atoms with Gasteiger partial charge in [-0.3, -0.25) is 4.79 Å². The number of benzene rings is 1. The number of methoxy groups -OCH3 is 1. The summed E-state index contributed by atoms with van der Waals surface area (Å²) in [5.41, 5.74) is 0.544. The van der Waals surface area contributed by atoms with Crippen LogP contribution in [0.15, 0.2) is 18.2 Å². The molecule has 0 N–H and O–H groups in total. The Labute approximate surface area is 121 Å².